The highest BCUT2D eigenvalue weighted by Gasteiger charge is 2.51. The highest BCUT2D eigenvalue weighted by Crippen LogP contribution is 2.48. The molecule has 4 rings (SSSR count). The van der Waals surface area contributed by atoms with E-state index in [1.54, 1.807) is 9.58 Å². The molecular formula is C23H36N5O3P3S. The number of amides is 2. The molecule has 2 aromatic rings. The molecule has 35 heavy (non-hydrogen) atoms. The minimum absolute atomic E-state index is 0.0497. The normalized spacial score (nSPS) is 25.9. The molecule has 1 aromatic carbocycles. The van der Waals surface area contributed by atoms with E-state index in [-0.39, 0.29) is 29.4 Å². The fourth-order valence-electron chi connectivity index (χ4n) is 5.41. The van der Waals surface area contributed by atoms with E-state index in [9.17, 15) is 13.6 Å². The Morgan fingerprint density at radius 2 is 1.89 bits per heavy atom. The first-order valence-corrected chi connectivity index (χ1v) is 14.7. The van der Waals surface area contributed by atoms with Crippen LogP contribution in [0.4, 0.5) is 10.6 Å². The van der Waals surface area contributed by atoms with E-state index in [2.05, 4.69) is 88.3 Å². The summed E-state index contributed by atoms with van der Waals surface area (Å²) in [5, 5.41) is 7.94. The Bertz CT molecular complexity index is 1130. The highest BCUT2D eigenvalue weighted by molar-refractivity contribution is 7.79. The first kappa shape index (κ1) is 27.1. The van der Waals surface area contributed by atoms with Gasteiger partial charge >= 0.3 is 6.03 Å². The molecule has 0 radical (unpaired) electrons. The smallest absolute Gasteiger partial charge is 0.323 e. The highest BCUT2D eigenvalue weighted by atomic mass is 32.2. The van der Waals surface area contributed by atoms with Crippen LogP contribution < -0.4 is 10.2 Å². The molecule has 2 N–H and O–H groups in total. The average molecular weight is 556 g/mol. The van der Waals surface area contributed by atoms with E-state index in [0.29, 0.717) is 12.4 Å². The summed E-state index contributed by atoms with van der Waals surface area (Å²) in [6.45, 7) is 2.93. The number of nitrogens with one attached hydrogen (secondary N) is 1. The summed E-state index contributed by atoms with van der Waals surface area (Å²) in [7, 11) is 12.4. The lowest BCUT2D eigenvalue weighted by atomic mass is 9.68. The second kappa shape index (κ2) is 10.1. The van der Waals surface area contributed by atoms with Gasteiger partial charge in [0.15, 0.2) is 11.1 Å². The number of hydrogen-bond acceptors (Lipinski definition) is 4. The van der Waals surface area contributed by atoms with Crippen molar-refractivity contribution in [2.45, 2.75) is 54.9 Å². The number of urea groups is 1. The Morgan fingerprint density at radius 3 is 2.46 bits per heavy atom. The third kappa shape index (κ3) is 5.51. The molecular weight excluding hydrogens is 519 g/mol. The number of aromatic nitrogens is 2. The van der Waals surface area contributed by atoms with Gasteiger partial charge in [-0.25, -0.2) is 13.7 Å². The van der Waals surface area contributed by atoms with Crippen LogP contribution in [0.1, 0.15) is 42.5 Å². The second-order valence-corrected chi connectivity index (χ2v) is 16.1. The second-order valence-electron chi connectivity index (χ2n) is 10.2. The van der Waals surface area contributed by atoms with Gasteiger partial charge in [-0.1, -0.05) is 29.8 Å². The van der Waals surface area contributed by atoms with E-state index in [4.69, 9.17) is 0 Å². The molecule has 12 heteroatoms. The maximum absolute atomic E-state index is 13.2. The van der Waals surface area contributed by atoms with Gasteiger partial charge in [-0.15, -0.1) is 27.7 Å². The molecule has 192 valence electrons. The molecule has 2 heterocycles. The fourth-order valence-corrected chi connectivity index (χ4v) is 6.16. The number of hydrogen-bond donors (Lipinski definition) is 2. The van der Waals surface area contributed by atoms with E-state index < -0.39 is 15.7 Å². The molecule has 1 aliphatic carbocycles. The molecule has 0 bridgehead atoms. The van der Waals surface area contributed by atoms with Crippen molar-refractivity contribution in [2.75, 3.05) is 31.3 Å². The number of benzene rings is 1. The van der Waals surface area contributed by atoms with Gasteiger partial charge in [-0.05, 0) is 52.3 Å². The van der Waals surface area contributed by atoms with Crippen molar-refractivity contribution >= 4 is 50.6 Å². The van der Waals surface area contributed by atoms with Crippen molar-refractivity contribution in [3.8, 4) is 0 Å². The first-order valence-electron chi connectivity index (χ1n) is 11.7. The summed E-state index contributed by atoms with van der Waals surface area (Å²) in [6, 6.07) is 10.5. The van der Waals surface area contributed by atoms with Gasteiger partial charge in [0.1, 0.15) is 5.82 Å². The lowest BCUT2D eigenvalue weighted by Crippen LogP contribution is -2.54. The van der Waals surface area contributed by atoms with Crippen LogP contribution in [0, 0.1) is 6.92 Å². The largest absolute Gasteiger partial charge is 0.330 e. The lowest BCUT2D eigenvalue weighted by Gasteiger charge is -2.48. The van der Waals surface area contributed by atoms with E-state index in [0.717, 1.165) is 31.4 Å². The number of aryl methyl sites for hydroxylation is 2. The van der Waals surface area contributed by atoms with Crippen LogP contribution in [0.25, 0.3) is 0 Å². The van der Waals surface area contributed by atoms with E-state index in [1.165, 1.54) is 11.1 Å². The van der Waals surface area contributed by atoms with Crippen LogP contribution >= 0.6 is 27.7 Å². The van der Waals surface area contributed by atoms with Crippen molar-refractivity contribution in [1.82, 2.24) is 20.0 Å². The molecule has 1 aliphatic heterocycles. The zero-order chi connectivity index (χ0) is 25.6. The summed E-state index contributed by atoms with van der Waals surface area (Å²) in [6.07, 6.45) is 3.61. The number of carbonyl (C=O) groups is 1. The Kier molecular flexibility index (Phi) is 7.81. The average Bonchev–Trinajstić information content (AvgIpc) is 3.34. The van der Waals surface area contributed by atoms with Crippen molar-refractivity contribution in [2.24, 2.45) is 0 Å². The van der Waals surface area contributed by atoms with Crippen molar-refractivity contribution in [3.05, 3.63) is 47.2 Å². The molecule has 1 saturated carbocycles. The lowest BCUT2D eigenvalue weighted by molar-refractivity contribution is 0.0657. The summed E-state index contributed by atoms with van der Waals surface area (Å²) in [5.41, 5.74) is 2.96. The summed E-state index contributed by atoms with van der Waals surface area (Å²) < 4.78 is 21.9. The molecule has 2 aliphatic rings. The van der Waals surface area contributed by atoms with Gasteiger partial charge in [0.25, 0.3) is 0 Å². The number of rotatable bonds is 7. The van der Waals surface area contributed by atoms with E-state index in [1.807, 2.05) is 6.07 Å². The van der Waals surface area contributed by atoms with E-state index >= 15 is 0 Å². The predicted octanol–water partition coefficient (Wildman–Crippen LogP) is 3.45. The maximum Gasteiger partial charge on any atom is 0.323 e. The molecule has 1 saturated heterocycles. The zero-order valence-electron chi connectivity index (χ0n) is 20.5. The Morgan fingerprint density at radius 1 is 1.20 bits per heavy atom. The minimum Gasteiger partial charge on any atom is -0.330 e. The van der Waals surface area contributed by atoms with Crippen LogP contribution in [0.5, 0.6) is 0 Å². The SMILES string of the molecule is Cc1cccc(C2(N(C)C)CCC3(CC2)CN(c2cc(C(P)(P)P)nn2CCS(=O)O)C(=O)N3)c1. The van der Waals surface area contributed by atoms with Gasteiger partial charge in [0.05, 0.1) is 34.7 Å². The van der Waals surface area contributed by atoms with Crippen LogP contribution in [-0.2, 0) is 27.8 Å². The van der Waals surface area contributed by atoms with Gasteiger partial charge in [0, 0.05) is 11.6 Å². The predicted molar refractivity (Wildman–Crippen MR) is 152 cm³/mol. The van der Waals surface area contributed by atoms with Gasteiger partial charge in [-0.2, -0.15) is 5.10 Å². The zero-order valence-corrected chi connectivity index (χ0v) is 24.8. The third-order valence-corrected chi connectivity index (χ3v) is 8.90. The molecule has 8 nitrogen and oxygen atoms in total. The monoisotopic (exact) mass is 555 g/mol. The standard InChI is InChI=1S/C23H36N5O3P3S/c1-16-5-4-6-17(13-16)22(26(2)3)9-7-21(8-10-22)15-27(20(29)24-21)19-14-18(23(32,33)34)25-28(19)11-12-35(30)31/h4-6,13-14H,7-12,15,32-34H2,1-3H3,(H,24,29)(H,30,31). The summed E-state index contributed by atoms with van der Waals surface area (Å²) in [5.74, 6) is 0.702. The van der Waals surface area contributed by atoms with Crippen LogP contribution in [0.2, 0.25) is 0 Å². The number of carbonyl (C=O) groups excluding carboxylic acids is 1. The van der Waals surface area contributed by atoms with Crippen LogP contribution in [-0.4, -0.2) is 61.4 Å². The molecule has 4 unspecified atom stereocenters. The fraction of sp³-hybridized carbons (Fsp3) is 0.565. The van der Waals surface area contributed by atoms with Gasteiger partial charge in [0.2, 0.25) is 0 Å². The summed E-state index contributed by atoms with van der Waals surface area (Å²) >= 11 is -1.94. The number of anilines is 1. The van der Waals surface area contributed by atoms with Crippen LogP contribution in [0.15, 0.2) is 30.3 Å². The van der Waals surface area contributed by atoms with Gasteiger partial charge < -0.3 is 9.87 Å². The molecule has 2 amide bonds. The third-order valence-electron chi connectivity index (χ3n) is 7.48. The molecule has 4 atom stereocenters. The number of nitrogens with zero attached hydrogens (tertiary/aromatic N) is 4. The van der Waals surface area contributed by atoms with Gasteiger partial charge in [-0.3, -0.25) is 9.80 Å². The quantitative estimate of drug-likeness (QED) is 0.404. The first-order chi connectivity index (χ1) is 16.4. The molecule has 1 aromatic heterocycles. The molecule has 1 spiro atoms. The Hall–Kier alpha value is -0.940. The minimum atomic E-state index is -1.94. The molecule has 2 fully saturated rings. The maximum atomic E-state index is 13.2. The van der Waals surface area contributed by atoms with Crippen molar-refractivity contribution in [1.29, 1.82) is 0 Å². The summed E-state index contributed by atoms with van der Waals surface area (Å²) in [4.78, 5) is 17.3. The van der Waals surface area contributed by atoms with Crippen molar-refractivity contribution < 1.29 is 13.6 Å². The topological polar surface area (TPSA) is 90.7 Å². The Labute approximate surface area is 217 Å². The van der Waals surface area contributed by atoms with Crippen molar-refractivity contribution in [3.63, 3.8) is 0 Å². The van der Waals surface area contributed by atoms with Crippen LogP contribution in [0.3, 0.4) is 0 Å². The Balaban J connectivity index is 1.59.